The molecule has 1 aliphatic heterocycles. The van der Waals surface area contributed by atoms with Crippen LogP contribution in [0.2, 0.25) is 0 Å². The van der Waals surface area contributed by atoms with E-state index in [1.54, 1.807) is 0 Å². The van der Waals surface area contributed by atoms with Crippen molar-refractivity contribution in [3.05, 3.63) is 71.8 Å². The Hall–Kier alpha value is -3.72. The van der Waals surface area contributed by atoms with Crippen molar-refractivity contribution in [1.29, 1.82) is 0 Å². The Labute approximate surface area is 260 Å². The highest BCUT2D eigenvalue weighted by atomic mass is 16.5. The maximum atomic E-state index is 14.1. The summed E-state index contributed by atoms with van der Waals surface area (Å²) in [5.41, 5.74) is 1.59. The number of benzene rings is 2. The molecule has 1 unspecified atom stereocenters. The number of hydrogen-bond acceptors (Lipinski definition) is 6. The topological polar surface area (TPSA) is 134 Å². The number of ether oxygens (including phenoxy) is 1. The van der Waals surface area contributed by atoms with Crippen LogP contribution in [0.3, 0.4) is 0 Å². The number of cyclic esters (lactones) is 1. The van der Waals surface area contributed by atoms with Gasteiger partial charge in [0.2, 0.25) is 17.7 Å². The molecule has 2 aliphatic rings. The van der Waals surface area contributed by atoms with Crippen LogP contribution in [-0.4, -0.2) is 59.6 Å². The van der Waals surface area contributed by atoms with Crippen molar-refractivity contribution in [1.82, 2.24) is 16.0 Å². The van der Waals surface area contributed by atoms with E-state index in [0.29, 0.717) is 0 Å². The molecule has 2 fully saturated rings. The highest BCUT2D eigenvalue weighted by Gasteiger charge is 2.40. The fourth-order valence-corrected chi connectivity index (χ4v) is 6.45. The highest BCUT2D eigenvalue weighted by molar-refractivity contribution is 5.95. The number of aliphatic hydroxyl groups excluding tert-OH is 1. The SMILES string of the molecule is CCCC[C@H](C)[C@@H]1CC(=O)N[C@@H](C(c2ccccc2)c2ccccc2)C(=O)N[C@H](CO)C(=O)NC(C2CCCCC2)C(=O)O1. The lowest BCUT2D eigenvalue weighted by molar-refractivity contribution is -0.159. The van der Waals surface area contributed by atoms with Gasteiger partial charge in [-0.1, -0.05) is 107 Å². The molecule has 44 heavy (non-hydrogen) atoms. The summed E-state index contributed by atoms with van der Waals surface area (Å²) in [6, 6.07) is 15.4. The van der Waals surface area contributed by atoms with Crippen LogP contribution in [0.4, 0.5) is 0 Å². The minimum absolute atomic E-state index is 0.117. The summed E-state index contributed by atoms with van der Waals surface area (Å²) in [5.74, 6) is -3.12. The number of hydrogen-bond donors (Lipinski definition) is 4. The van der Waals surface area contributed by atoms with E-state index in [-0.39, 0.29) is 18.3 Å². The molecule has 3 amide bonds. The first-order valence-electron chi connectivity index (χ1n) is 16.1. The summed E-state index contributed by atoms with van der Waals surface area (Å²) in [4.78, 5) is 55.1. The van der Waals surface area contributed by atoms with E-state index in [2.05, 4.69) is 22.9 Å². The average Bonchev–Trinajstić information content (AvgIpc) is 3.05. The van der Waals surface area contributed by atoms with E-state index in [4.69, 9.17) is 4.74 Å². The number of amides is 3. The van der Waals surface area contributed by atoms with Gasteiger partial charge in [-0.3, -0.25) is 14.4 Å². The molecule has 0 aromatic heterocycles. The van der Waals surface area contributed by atoms with Crippen molar-refractivity contribution in [2.24, 2.45) is 11.8 Å². The number of aliphatic hydroxyl groups is 1. The Morgan fingerprint density at radius 3 is 2.02 bits per heavy atom. The molecular formula is C35H47N3O6. The van der Waals surface area contributed by atoms with Gasteiger partial charge in [-0.15, -0.1) is 0 Å². The summed E-state index contributed by atoms with van der Waals surface area (Å²) in [6.07, 6.45) is 6.21. The quantitative estimate of drug-likeness (QED) is 0.320. The summed E-state index contributed by atoms with van der Waals surface area (Å²) in [7, 11) is 0. The Morgan fingerprint density at radius 2 is 1.45 bits per heavy atom. The third-order valence-corrected chi connectivity index (χ3v) is 9.04. The molecule has 0 radical (unpaired) electrons. The van der Waals surface area contributed by atoms with Crippen LogP contribution in [0.5, 0.6) is 0 Å². The third-order valence-electron chi connectivity index (χ3n) is 9.04. The zero-order chi connectivity index (χ0) is 31.5. The molecule has 9 heteroatoms. The van der Waals surface area contributed by atoms with Gasteiger partial charge >= 0.3 is 5.97 Å². The number of carbonyl (C=O) groups excluding carboxylic acids is 4. The second kappa shape index (κ2) is 16.4. The molecule has 1 heterocycles. The maximum absolute atomic E-state index is 14.1. The fraction of sp³-hybridized carbons (Fsp3) is 0.543. The molecule has 1 saturated heterocycles. The van der Waals surface area contributed by atoms with Gasteiger partial charge in [-0.2, -0.15) is 0 Å². The zero-order valence-electron chi connectivity index (χ0n) is 25.9. The number of esters is 1. The van der Waals surface area contributed by atoms with Gasteiger partial charge in [-0.05, 0) is 42.2 Å². The second-order valence-electron chi connectivity index (χ2n) is 12.3. The minimum Gasteiger partial charge on any atom is -0.460 e. The summed E-state index contributed by atoms with van der Waals surface area (Å²) in [6.45, 7) is 3.37. The van der Waals surface area contributed by atoms with E-state index in [1.165, 1.54) is 0 Å². The van der Waals surface area contributed by atoms with Crippen molar-refractivity contribution in [2.75, 3.05) is 6.61 Å². The average molecular weight is 606 g/mol. The molecule has 5 atom stereocenters. The summed E-state index contributed by atoms with van der Waals surface area (Å²) >= 11 is 0. The molecule has 1 saturated carbocycles. The van der Waals surface area contributed by atoms with Crippen LogP contribution < -0.4 is 16.0 Å². The zero-order valence-corrected chi connectivity index (χ0v) is 25.9. The van der Waals surface area contributed by atoms with Gasteiger partial charge in [0.25, 0.3) is 0 Å². The molecule has 2 aromatic carbocycles. The standard InChI is InChI=1S/C35H47N3O6/c1-3-4-14-23(2)28-21-29(40)37-32(30(24-15-8-5-9-16-24)25-17-10-6-11-18-25)34(42)36-27(22-39)33(41)38-31(35(43)44-28)26-19-12-7-13-20-26/h5-6,8-11,15-18,23,26-28,30-32,39H,3-4,7,12-14,19-22H2,1-2H3,(H,36,42)(H,37,40)(H,38,41)/t23-,27+,28-,31?,32-/m0/s1. The Morgan fingerprint density at radius 1 is 0.841 bits per heavy atom. The van der Waals surface area contributed by atoms with Gasteiger partial charge < -0.3 is 25.8 Å². The molecular weight excluding hydrogens is 558 g/mol. The van der Waals surface area contributed by atoms with E-state index < -0.39 is 60.4 Å². The Balaban J connectivity index is 1.75. The van der Waals surface area contributed by atoms with Gasteiger partial charge in [0, 0.05) is 5.92 Å². The molecule has 0 spiro atoms. The summed E-state index contributed by atoms with van der Waals surface area (Å²) < 4.78 is 6.09. The molecule has 2 aromatic rings. The van der Waals surface area contributed by atoms with E-state index in [1.807, 2.05) is 67.6 Å². The first-order chi connectivity index (χ1) is 21.3. The van der Waals surface area contributed by atoms with Crippen LogP contribution in [0, 0.1) is 11.8 Å². The van der Waals surface area contributed by atoms with E-state index in [9.17, 15) is 24.3 Å². The predicted octanol–water partition coefficient (Wildman–Crippen LogP) is 3.99. The molecule has 0 bridgehead atoms. The third kappa shape index (κ3) is 8.68. The number of nitrogens with one attached hydrogen (secondary N) is 3. The van der Waals surface area contributed by atoms with Crippen LogP contribution in [0.15, 0.2) is 60.7 Å². The fourth-order valence-electron chi connectivity index (χ4n) is 6.45. The molecule has 238 valence electrons. The molecule has 4 rings (SSSR count). The highest BCUT2D eigenvalue weighted by Crippen LogP contribution is 2.31. The number of rotatable bonds is 9. The molecule has 9 nitrogen and oxygen atoms in total. The van der Waals surface area contributed by atoms with Gasteiger partial charge in [0.15, 0.2) is 0 Å². The normalized spacial score (nSPS) is 25.0. The monoisotopic (exact) mass is 605 g/mol. The first kappa shape index (κ1) is 33.2. The van der Waals surface area contributed by atoms with E-state index in [0.717, 1.165) is 62.5 Å². The number of unbranched alkanes of at least 4 members (excludes halogenated alkanes) is 1. The molecule has 4 N–H and O–H groups in total. The first-order valence-corrected chi connectivity index (χ1v) is 16.1. The Bertz CT molecular complexity index is 1190. The van der Waals surface area contributed by atoms with Gasteiger partial charge in [0.1, 0.15) is 24.2 Å². The van der Waals surface area contributed by atoms with Gasteiger partial charge in [0.05, 0.1) is 13.0 Å². The largest absolute Gasteiger partial charge is 0.460 e. The second-order valence-corrected chi connectivity index (χ2v) is 12.3. The van der Waals surface area contributed by atoms with Crippen molar-refractivity contribution >= 4 is 23.7 Å². The van der Waals surface area contributed by atoms with Crippen molar-refractivity contribution in [2.45, 2.75) is 102 Å². The number of carbonyl (C=O) groups is 4. The lowest BCUT2D eigenvalue weighted by Crippen LogP contribution is -2.58. The lowest BCUT2D eigenvalue weighted by Gasteiger charge is -2.32. The maximum Gasteiger partial charge on any atom is 0.329 e. The van der Waals surface area contributed by atoms with Crippen molar-refractivity contribution < 1.29 is 29.0 Å². The van der Waals surface area contributed by atoms with Crippen molar-refractivity contribution in [3.63, 3.8) is 0 Å². The van der Waals surface area contributed by atoms with Crippen LogP contribution in [0.1, 0.15) is 88.7 Å². The van der Waals surface area contributed by atoms with Crippen molar-refractivity contribution in [3.8, 4) is 0 Å². The lowest BCUT2D eigenvalue weighted by atomic mass is 9.83. The van der Waals surface area contributed by atoms with E-state index >= 15 is 0 Å². The van der Waals surface area contributed by atoms with Gasteiger partial charge in [-0.25, -0.2) is 4.79 Å². The predicted molar refractivity (Wildman–Crippen MR) is 167 cm³/mol. The smallest absolute Gasteiger partial charge is 0.329 e. The molecule has 1 aliphatic carbocycles. The Kier molecular flexibility index (Phi) is 12.4. The van der Waals surface area contributed by atoms with Crippen LogP contribution in [0.25, 0.3) is 0 Å². The minimum atomic E-state index is -1.33. The van der Waals surface area contributed by atoms with Crippen LogP contribution in [-0.2, 0) is 23.9 Å². The summed E-state index contributed by atoms with van der Waals surface area (Å²) in [5, 5.41) is 18.7. The van der Waals surface area contributed by atoms with Crippen LogP contribution >= 0.6 is 0 Å².